The molecular weight excluding hydrogens is 408 g/mol. The number of benzene rings is 1. The van der Waals surface area contributed by atoms with Crippen LogP contribution in [0, 0.1) is 0 Å². The number of urea groups is 2. The summed E-state index contributed by atoms with van der Waals surface area (Å²) < 4.78 is 45.6. The minimum absolute atomic E-state index is 0.0549. The Morgan fingerprint density at radius 1 is 0.714 bits per heavy atom. The van der Waals surface area contributed by atoms with E-state index in [2.05, 4.69) is 21.3 Å². The Morgan fingerprint density at radius 3 is 1.36 bits per heavy atom. The number of carbonyl (C=O) groups excluding carboxylic acids is 2. The van der Waals surface area contributed by atoms with Crippen LogP contribution in [0.2, 0.25) is 0 Å². The highest BCUT2D eigenvalue weighted by molar-refractivity contribution is 7.91. The lowest BCUT2D eigenvalue weighted by Crippen LogP contribution is -2.38. The molecule has 2 aliphatic heterocycles. The van der Waals surface area contributed by atoms with E-state index in [0.29, 0.717) is 24.2 Å². The van der Waals surface area contributed by atoms with Gasteiger partial charge in [0.15, 0.2) is 19.7 Å². The van der Waals surface area contributed by atoms with E-state index >= 15 is 0 Å². The third-order valence-electron chi connectivity index (χ3n) is 4.54. The van der Waals surface area contributed by atoms with Crippen molar-refractivity contribution in [3.8, 4) is 0 Å². The van der Waals surface area contributed by atoms with Crippen LogP contribution >= 0.6 is 0 Å². The van der Waals surface area contributed by atoms with Gasteiger partial charge in [0.25, 0.3) is 0 Å². The van der Waals surface area contributed by atoms with Crippen LogP contribution in [0.5, 0.6) is 0 Å². The minimum atomic E-state index is -3.07. The Labute approximate surface area is 163 Å². The predicted octanol–water partition coefficient (Wildman–Crippen LogP) is 0.304. The van der Waals surface area contributed by atoms with Gasteiger partial charge in [-0.05, 0) is 37.1 Å². The number of sulfone groups is 2. The molecule has 0 bridgehead atoms. The Bertz CT molecular complexity index is 880. The molecule has 4 amide bonds. The Kier molecular flexibility index (Phi) is 5.79. The van der Waals surface area contributed by atoms with Crippen LogP contribution in [0.3, 0.4) is 0 Å². The first-order valence-electron chi connectivity index (χ1n) is 8.76. The van der Waals surface area contributed by atoms with Gasteiger partial charge >= 0.3 is 12.1 Å². The SMILES string of the molecule is O=C(Nc1ccc(NC(=O)NC2CCS(=O)(=O)C2)cc1)NC1CCS(=O)(=O)C1. The molecule has 0 aliphatic carbocycles. The second kappa shape index (κ2) is 7.95. The zero-order chi connectivity index (χ0) is 20.4. The highest BCUT2D eigenvalue weighted by Crippen LogP contribution is 2.16. The molecule has 0 saturated carbocycles. The molecule has 0 aromatic heterocycles. The van der Waals surface area contributed by atoms with Gasteiger partial charge in [-0.25, -0.2) is 26.4 Å². The molecule has 28 heavy (non-hydrogen) atoms. The van der Waals surface area contributed by atoms with Gasteiger partial charge in [0.05, 0.1) is 23.0 Å². The molecule has 2 heterocycles. The van der Waals surface area contributed by atoms with Crippen LogP contribution in [0.1, 0.15) is 12.8 Å². The van der Waals surface area contributed by atoms with Crippen LogP contribution in [-0.4, -0.2) is 64.0 Å². The summed E-state index contributed by atoms with van der Waals surface area (Å²) in [5.41, 5.74) is 0.956. The van der Waals surface area contributed by atoms with Crippen molar-refractivity contribution >= 4 is 43.1 Å². The van der Waals surface area contributed by atoms with E-state index in [1.807, 2.05) is 0 Å². The molecular formula is C16H22N4O6S2. The van der Waals surface area contributed by atoms with Crippen molar-refractivity contribution < 1.29 is 26.4 Å². The summed E-state index contributed by atoms with van der Waals surface area (Å²) in [4.78, 5) is 23.9. The van der Waals surface area contributed by atoms with Crippen molar-refractivity contribution in [3.05, 3.63) is 24.3 Å². The van der Waals surface area contributed by atoms with E-state index < -0.39 is 43.8 Å². The summed E-state index contributed by atoms with van der Waals surface area (Å²) in [7, 11) is -6.14. The average molecular weight is 431 g/mol. The molecule has 4 N–H and O–H groups in total. The molecule has 1 aromatic rings. The maximum atomic E-state index is 11.9. The van der Waals surface area contributed by atoms with E-state index in [0.717, 1.165) is 0 Å². The van der Waals surface area contributed by atoms with E-state index in [9.17, 15) is 26.4 Å². The lowest BCUT2D eigenvalue weighted by molar-refractivity contribution is 0.248. The van der Waals surface area contributed by atoms with E-state index in [1.165, 1.54) is 0 Å². The van der Waals surface area contributed by atoms with Gasteiger partial charge in [0.1, 0.15) is 0 Å². The molecule has 0 radical (unpaired) electrons. The van der Waals surface area contributed by atoms with Crippen LogP contribution in [0.15, 0.2) is 24.3 Å². The molecule has 10 nitrogen and oxygen atoms in total. The fourth-order valence-electron chi connectivity index (χ4n) is 3.16. The molecule has 2 unspecified atom stereocenters. The Balaban J connectivity index is 1.45. The Hall–Kier alpha value is -2.34. The number of rotatable bonds is 4. The predicted molar refractivity (Wildman–Crippen MR) is 105 cm³/mol. The number of hydrogen-bond acceptors (Lipinski definition) is 6. The molecule has 0 spiro atoms. The average Bonchev–Trinajstić information content (AvgIpc) is 3.10. The maximum Gasteiger partial charge on any atom is 0.319 e. The smallest absolute Gasteiger partial charge is 0.319 e. The Morgan fingerprint density at radius 2 is 1.07 bits per heavy atom. The van der Waals surface area contributed by atoms with Gasteiger partial charge in [-0.3, -0.25) is 0 Å². The van der Waals surface area contributed by atoms with E-state index in [-0.39, 0.29) is 23.0 Å². The maximum absolute atomic E-state index is 11.9. The summed E-state index contributed by atoms with van der Waals surface area (Å²) in [6.45, 7) is 0. The third kappa shape index (κ3) is 5.83. The number of hydrogen-bond donors (Lipinski definition) is 4. The molecule has 2 fully saturated rings. The summed E-state index contributed by atoms with van der Waals surface area (Å²) in [5, 5.41) is 10.4. The first-order chi connectivity index (χ1) is 13.1. The van der Waals surface area contributed by atoms with Gasteiger partial charge in [-0.15, -0.1) is 0 Å². The van der Waals surface area contributed by atoms with Crippen LogP contribution in [-0.2, 0) is 19.7 Å². The van der Waals surface area contributed by atoms with Crippen LogP contribution in [0.25, 0.3) is 0 Å². The monoisotopic (exact) mass is 430 g/mol. The van der Waals surface area contributed by atoms with Gasteiger partial charge < -0.3 is 21.3 Å². The van der Waals surface area contributed by atoms with Crippen molar-refractivity contribution in [2.75, 3.05) is 33.6 Å². The van der Waals surface area contributed by atoms with E-state index in [4.69, 9.17) is 0 Å². The topological polar surface area (TPSA) is 151 Å². The van der Waals surface area contributed by atoms with E-state index in [1.54, 1.807) is 24.3 Å². The first kappa shape index (κ1) is 20.4. The van der Waals surface area contributed by atoms with Gasteiger partial charge in [-0.2, -0.15) is 0 Å². The standard InChI is InChI=1S/C16H22N4O6S2/c21-15(19-13-5-7-27(23,24)9-13)17-11-1-2-12(4-3-11)18-16(22)20-14-6-8-28(25,26)10-14/h1-4,13-14H,5-10H2,(H2,17,19,21)(H2,18,20,22). The second-order valence-electron chi connectivity index (χ2n) is 6.97. The number of carbonyl (C=O) groups is 2. The quantitative estimate of drug-likeness (QED) is 0.540. The first-order valence-corrected chi connectivity index (χ1v) is 12.4. The zero-order valence-electron chi connectivity index (χ0n) is 15.0. The lowest BCUT2D eigenvalue weighted by Gasteiger charge is -2.13. The van der Waals surface area contributed by atoms with Crippen molar-refractivity contribution in [1.29, 1.82) is 0 Å². The zero-order valence-corrected chi connectivity index (χ0v) is 16.6. The summed E-state index contributed by atoms with van der Waals surface area (Å²) >= 11 is 0. The summed E-state index contributed by atoms with van der Waals surface area (Å²) in [5.74, 6) is 0.0434. The number of nitrogens with one attached hydrogen (secondary N) is 4. The molecule has 12 heteroatoms. The molecule has 2 atom stereocenters. The van der Waals surface area contributed by atoms with Gasteiger partial charge in [0.2, 0.25) is 0 Å². The second-order valence-corrected chi connectivity index (χ2v) is 11.4. The number of anilines is 2. The molecule has 2 saturated heterocycles. The highest BCUT2D eigenvalue weighted by Gasteiger charge is 2.29. The van der Waals surface area contributed by atoms with Crippen molar-refractivity contribution in [3.63, 3.8) is 0 Å². The van der Waals surface area contributed by atoms with Crippen molar-refractivity contribution in [2.45, 2.75) is 24.9 Å². The molecule has 3 rings (SSSR count). The lowest BCUT2D eigenvalue weighted by atomic mass is 10.2. The fourth-order valence-corrected chi connectivity index (χ4v) is 6.51. The van der Waals surface area contributed by atoms with Crippen LogP contribution < -0.4 is 21.3 Å². The minimum Gasteiger partial charge on any atom is -0.334 e. The fraction of sp³-hybridized carbons (Fsp3) is 0.500. The number of amides is 4. The summed E-state index contributed by atoms with van der Waals surface area (Å²) in [6.07, 6.45) is 0.798. The highest BCUT2D eigenvalue weighted by atomic mass is 32.2. The van der Waals surface area contributed by atoms with Crippen molar-refractivity contribution in [1.82, 2.24) is 10.6 Å². The largest absolute Gasteiger partial charge is 0.334 e. The molecule has 1 aromatic carbocycles. The normalized spacial score (nSPS) is 25.0. The van der Waals surface area contributed by atoms with Gasteiger partial charge in [0, 0.05) is 23.5 Å². The third-order valence-corrected chi connectivity index (χ3v) is 8.07. The molecule has 154 valence electrons. The summed E-state index contributed by atoms with van der Waals surface area (Å²) in [6, 6.07) is 4.55. The van der Waals surface area contributed by atoms with Crippen molar-refractivity contribution in [2.24, 2.45) is 0 Å². The van der Waals surface area contributed by atoms with Gasteiger partial charge in [-0.1, -0.05) is 0 Å². The molecule has 2 aliphatic rings. The van der Waals surface area contributed by atoms with Crippen LogP contribution in [0.4, 0.5) is 21.0 Å².